The second-order valence-corrected chi connectivity index (χ2v) is 5.61. The van der Waals surface area contributed by atoms with E-state index in [1.54, 1.807) is 24.3 Å². The predicted molar refractivity (Wildman–Crippen MR) is 92.4 cm³/mol. The van der Waals surface area contributed by atoms with E-state index < -0.39 is 12.1 Å². The van der Waals surface area contributed by atoms with Crippen LogP contribution in [0.1, 0.15) is 28.4 Å². The molecule has 0 bridgehead atoms. The van der Waals surface area contributed by atoms with E-state index in [0.29, 0.717) is 17.0 Å². The molecule has 0 unspecified atom stereocenters. The average molecular weight is 327 g/mol. The van der Waals surface area contributed by atoms with Crippen LogP contribution in [0.2, 0.25) is 0 Å². The molecule has 0 aliphatic heterocycles. The smallest absolute Gasteiger partial charge is 0.342 e. The lowest BCUT2D eigenvalue weighted by Gasteiger charge is -2.15. The van der Waals surface area contributed by atoms with Gasteiger partial charge in [-0.2, -0.15) is 0 Å². The molecule has 2 rings (SSSR count). The number of methoxy groups -OCH3 is 1. The van der Waals surface area contributed by atoms with E-state index in [0.717, 1.165) is 11.1 Å². The Morgan fingerprint density at radius 2 is 1.62 bits per heavy atom. The van der Waals surface area contributed by atoms with Crippen molar-refractivity contribution in [1.29, 1.82) is 0 Å². The third-order valence-corrected chi connectivity index (χ3v) is 3.55. The van der Waals surface area contributed by atoms with Crippen LogP contribution in [0.3, 0.4) is 0 Å². The maximum Gasteiger partial charge on any atom is 0.342 e. The molecular formula is C19H21NO4. The van der Waals surface area contributed by atoms with Crippen LogP contribution in [0, 0.1) is 13.8 Å². The van der Waals surface area contributed by atoms with Crippen LogP contribution >= 0.6 is 0 Å². The SMILES string of the molecule is COc1ccc(C)cc1C(=O)O[C@H](C)C(=O)Nc1ccc(C)cc1. The molecule has 5 heteroatoms. The molecule has 24 heavy (non-hydrogen) atoms. The summed E-state index contributed by atoms with van der Waals surface area (Å²) in [5.41, 5.74) is 2.95. The number of benzene rings is 2. The van der Waals surface area contributed by atoms with Crippen LogP contribution < -0.4 is 10.1 Å². The monoisotopic (exact) mass is 327 g/mol. The van der Waals surface area contributed by atoms with Gasteiger partial charge in [0.1, 0.15) is 11.3 Å². The molecule has 126 valence electrons. The van der Waals surface area contributed by atoms with Gasteiger partial charge in [0.05, 0.1) is 7.11 Å². The molecule has 5 nitrogen and oxygen atoms in total. The van der Waals surface area contributed by atoms with E-state index in [1.807, 2.05) is 32.0 Å². The van der Waals surface area contributed by atoms with Gasteiger partial charge in [0.2, 0.25) is 0 Å². The molecule has 0 radical (unpaired) electrons. The molecule has 1 amide bonds. The van der Waals surface area contributed by atoms with E-state index in [2.05, 4.69) is 5.32 Å². The topological polar surface area (TPSA) is 64.6 Å². The van der Waals surface area contributed by atoms with Crippen molar-refractivity contribution in [2.45, 2.75) is 26.9 Å². The van der Waals surface area contributed by atoms with Gasteiger partial charge in [0.15, 0.2) is 6.10 Å². The van der Waals surface area contributed by atoms with E-state index in [4.69, 9.17) is 9.47 Å². The van der Waals surface area contributed by atoms with Crippen molar-refractivity contribution in [3.63, 3.8) is 0 Å². The molecule has 0 saturated heterocycles. The summed E-state index contributed by atoms with van der Waals surface area (Å²) in [7, 11) is 1.48. The fraction of sp³-hybridized carbons (Fsp3) is 0.263. The number of amides is 1. The Labute approximate surface area is 141 Å². The first-order valence-electron chi connectivity index (χ1n) is 7.64. The van der Waals surface area contributed by atoms with Crippen LogP contribution in [-0.2, 0) is 9.53 Å². The molecular weight excluding hydrogens is 306 g/mol. The second kappa shape index (κ2) is 7.64. The van der Waals surface area contributed by atoms with Crippen molar-refractivity contribution in [3.05, 3.63) is 59.2 Å². The van der Waals surface area contributed by atoms with E-state index in [1.165, 1.54) is 14.0 Å². The number of aryl methyl sites for hydroxylation is 2. The van der Waals surface area contributed by atoms with Gasteiger partial charge >= 0.3 is 5.97 Å². The number of carbonyl (C=O) groups excluding carboxylic acids is 2. The van der Waals surface area contributed by atoms with Crippen LogP contribution in [-0.4, -0.2) is 25.1 Å². The minimum atomic E-state index is -0.927. The standard InChI is InChI=1S/C19H21NO4/c1-12-5-8-15(9-6-12)20-18(21)14(3)24-19(22)16-11-13(2)7-10-17(16)23-4/h5-11,14H,1-4H3,(H,20,21)/t14-/m1/s1. The fourth-order valence-corrected chi connectivity index (χ4v) is 2.14. The minimum Gasteiger partial charge on any atom is -0.496 e. The Morgan fingerprint density at radius 1 is 1.00 bits per heavy atom. The Hall–Kier alpha value is -2.82. The zero-order chi connectivity index (χ0) is 17.7. The van der Waals surface area contributed by atoms with E-state index in [9.17, 15) is 9.59 Å². The van der Waals surface area contributed by atoms with Gasteiger partial charge in [-0.15, -0.1) is 0 Å². The average Bonchev–Trinajstić information content (AvgIpc) is 2.56. The molecule has 0 aromatic heterocycles. The van der Waals surface area contributed by atoms with E-state index >= 15 is 0 Å². The third-order valence-electron chi connectivity index (χ3n) is 3.55. The highest BCUT2D eigenvalue weighted by molar-refractivity contribution is 5.98. The summed E-state index contributed by atoms with van der Waals surface area (Å²) in [5.74, 6) is -0.572. The lowest BCUT2D eigenvalue weighted by Crippen LogP contribution is -2.30. The molecule has 1 atom stereocenters. The maximum atomic E-state index is 12.3. The molecule has 0 aliphatic rings. The second-order valence-electron chi connectivity index (χ2n) is 5.61. The number of anilines is 1. The van der Waals surface area contributed by atoms with Crippen molar-refractivity contribution in [3.8, 4) is 5.75 Å². The maximum absolute atomic E-state index is 12.3. The van der Waals surface area contributed by atoms with Crippen molar-refractivity contribution >= 4 is 17.6 Å². The molecule has 0 heterocycles. The van der Waals surface area contributed by atoms with E-state index in [-0.39, 0.29) is 5.91 Å². The van der Waals surface area contributed by atoms with Crippen LogP contribution in [0.25, 0.3) is 0 Å². The lowest BCUT2D eigenvalue weighted by molar-refractivity contribution is -0.123. The molecule has 2 aromatic rings. The Kier molecular flexibility index (Phi) is 5.58. The quantitative estimate of drug-likeness (QED) is 0.854. The van der Waals surface area contributed by atoms with Crippen LogP contribution in [0.5, 0.6) is 5.75 Å². The van der Waals surface area contributed by atoms with Gasteiger partial charge in [-0.05, 0) is 45.0 Å². The first kappa shape index (κ1) is 17.5. The molecule has 0 aliphatic carbocycles. The molecule has 0 fully saturated rings. The summed E-state index contributed by atoms with van der Waals surface area (Å²) in [6, 6.07) is 12.6. The summed E-state index contributed by atoms with van der Waals surface area (Å²) in [4.78, 5) is 24.5. The van der Waals surface area contributed by atoms with Gasteiger partial charge in [0, 0.05) is 5.69 Å². The highest BCUT2D eigenvalue weighted by Gasteiger charge is 2.21. The Bertz CT molecular complexity index is 738. The van der Waals surface area contributed by atoms with Crippen molar-refractivity contribution in [2.24, 2.45) is 0 Å². The highest BCUT2D eigenvalue weighted by Crippen LogP contribution is 2.21. The number of ether oxygens (including phenoxy) is 2. The van der Waals surface area contributed by atoms with Crippen molar-refractivity contribution in [1.82, 2.24) is 0 Å². The van der Waals surface area contributed by atoms with Crippen LogP contribution in [0.15, 0.2) is 42.5 Å². The highest BCUT2D eigenvalue weighted by atomic mass is 16.5. The Morgan fingerprint density at radius 3 is 2.25 bits per heavy atom. The zero-order valence-electron chi connectivity index (χ0n) is 14.3. The third kappa shape index (κ3) is 4.35. The number of nitrogens with one attached hydrogen (secondary N) is 1. The summed E-state index contributed by atoms with van der Waals surface area (Å²) < 4.78 is 10.4. The minimum absolute atomic E-state index is 0.299. The fourth-order valence-electron chi connectivity index (χ4n) is 2.14. The van der Waals surface area contributed by atoms with Gasteiger partial charge in [-0.25, -0.2) is 4.79 Å². The molecule has 0 spiro atoms. The first-order chi connectivity index (χ1) is 11.4. The number of hydrogen-bond acceptors (Lipinski definition) is 4. The summed E-state index contributed by atoms with van der Waals surface area (Å²) in [5, 5.41) is 2.72. The molecule has 1 N–H and O–H groups in total. The number of rotatable bonds is 5. The number of carbonyl (C=O) groups is 2. The van der Waals surface area contributed by atoms with Crippen molar-refractivity contribution < 1.29 is 19.1 Å². The summed E-state index contributed by atoms with van der Waals surface area (Å²) in [6.45, 7) is 5.36. The predicted octanol–water partition coefficient (Wildman–Crippen LogP) is 3.50. The van der Waals surface area contributed by atoms with Crippen LogP contribution in [0.4, 0.5) is 5.69 Å². The normalized spacial score (nSPS) is 11.5. The van der Waals surface area contributed by atoms with Gasteiger partial charge in [0.25, 0.3) is 5.91 Å². The molecule has 0 saturated carbocycles. The first-order valence-corrected chi connectivity index (χ1v) is 7.64. The number of esters is 1. The number of hydrogen-bond donors (Lipinski definition) is 1. The van der Waals surface area contributed by atoms with Crippen molar-refractivity contribution in [2.75, 3.05) is 12.4 Å². The lowest BCUT2D eigenvalue weighted by atomic mass is 10.1. The zero-order valence-corrected chi connectivity index (χ0v) is 14.3. The van der Waals surface area contributed by atoms with Gasteiger partial charge in [-0.3, -0.25) is 4.79 Å². The molecule has 2 aromatic carbocycles. The van der Waals surface area contributed by atoms with Gasteiger partial charge < -0.3 is 14.8 Å². The summed E-state index contributed by atoms with van der Waals surface area (Å²) in [6.07, 6.45) is -0.927. The van der Waals surface area contributed by atoms with Gasteiger partial charge in [-0.1, -0.05) is 29.3 Å². The largest absolute Gasteiger partial charge is 0.496 e. The summed E-state index contributed by atoms with van der Waals surface area (Å²) >= 11 is 0. The Balaban J connectivity index is 2.04.